The summed E-state index contributed by atoms with van der Waals surface area (Å²) in [6.07, 6.45) is 1.59. The van der Waals surface area contributed by atoms with Crippen LogP contribution in [-0.4, -0.2) is 14.5 Å². The first-order valence-electron chi connectivity index (χ1n) is 7.11. The minimum atomic E-state index is -0.483. The molecular formula is C18H12Cl2FN3. The third kappa shape index (κ3) is 3.14. The molecule has 0 aliphatic heterocycles. The third-order valence-electron chi connectivity index (χ3n) is 3.50. The Hall–Kier alpha value is -2.35. The SMILES string of the molecule is Cc1nc(C#Cc2ccnc(Cl)c2)c(C)n1-c1cccc(Cl)c1F. The molecule has 120 valence electrons. The number of aryl methyl sites for hydroxylation is 1. The first kappa shape index (κ1) is 16.5. The minimum Gasteiger partial charge on any atom is -0.297 e. The molecule has 0 radical (unpaired) electrons. The van der Waals surface area contributed by atoms with Crippen LogP contribution in [0.3, 0.4) is 0 Å². The summed E-state index contributed by atoms with van der Waals surface area (Å²) in [4.78, 5) is 8.34. The number of imidazole rings is 1. The van der Waals surface area contributed by atoms with E-state index in [0.717, 1.165) is 11.3 Å². The number of pyridine rings is 1. The topological polar surface area (TPSA) is 30.7 Å². The standard InChI is InChI=1S/C18H12Cl2FN3/c1-11-15(7-6-13-8-9-22-17(20)10-13)23-12(2)24(11)16-5-3-4-14(19)18(16)21/h3-5,8-10H,1-2H3. The van der Waals surface area contributed by atoms with Crippen LogP contribution in [0.15, 0.2) is 36.5 Å². The fourth-order valence-electron chi connectivity index (χ4n) is 2.39. The van der Waals surface area contributed by atoms with Gasteiger partial charge in [0.05, 0.1) is 16.4 Å². The van der Waals surface area contributed by atoms with Crippen LogP contribution in [0.1, 0.15) is 22.8 Å². The molecule has 0 N–H and O–H groups in total. The third-order valence-corrected chi connectivity index (χ3v) is 4.00. The van der Waals surface area contributed by atoms with Crippen LogP contribution in [0.2, 0.25) is 10.2 Å². The van der Waals surface area contributed by atoms with E-state index < -0.39 is 5.82 Å². The molecule has 2 aromatic heterocycles. The van der Waals surface area contributed by atoms with E-state index in [1.165, 1.54) is 6.07 Å². The molecule has 0 atom stereocenters. The van der Waals surface area contributed by atoms with E-state index in [2.05, 4.69) is 21.8 Å². The molecule has 3 aromatic rings. The van der Waals surface area contributed by atoms with Gasteiger partial charge in [0.25, 0.3) is 0 Å². The Morgan fingerprint density at radius 1 is 1.12 bits per heavy atom. The molecule has 6 heteroatoms. The van der Waals surface area contributed by atoms with Gasteiger partial charge in [-0.3, -0.25) is 4.57 Å². The Bertz CT molecular complexity index is 984. The van der Waals surface area contributed by atoms with Crippen LogP contribution in [-0.2, 0) is 0 Å². The van der Waals surface area contributed by atoms with E-state index in [-0.39, 0.29) is 5.02 Å². The normalized spacial score (nSPS) is 10.4. The Balaban J connectivity index is 2.07. The van der Waals surface area contributed by atoms with Gasteiger partial charge in [0, 0.05) is 11.8 Å². The van der Waals surface area contributed by atoms with Crippen LogP contribution in [0.25, 0.3) is 5.69 Å². The molecule has 0 bridgehead atoms. The molecule has 3 rings (SSSR count). The number of halogens is 3. The lowest BCUT2D eigenvalue weighted by atomic mass is 10.2. The Morgan fingerprint density at radius 3 is 2.67 bits per heavy atom. The fourth-order valence-corrected chi connectivity index (χ4v) is 2.73. The quantitative estimate of drug-likeness (QED) is 0.464. The van der Waals surface area contributed by atoms with E-state index in [0.29, 0.717) is 22.4 Å². The molecule has 1 aromatic carbocycles. The van der Waals surface area contributed by atoms with Crippen molar-refractivity contribution in [3.63, 3.8) is 0 Å². The molecule has 0 aliphatic carbocycles. The molecule has 24 heavy (non-hydrogen) atoms. The maximum Gasteiger partial charge on any atom is 0.165 e. The molecule has 0 saturated heterocycles. The summed E-state index contributed by atoms with van der Waals surface area (Å²) in [6, 6.07) is 8.29. The zero-order valence-electron chi connectivity index (χ0n) is 12.9. The summed E-state index contributed by atoms with van der Waals surface area (Å²) in [7, 11) is 0. The van der Waals surface area contributed by atoms with Gasteiger partial charge in [-0.25, -0.2) is 14.4 Å². The minimum absolute atomic E-state index is 0.0686. The second-order valence-corrected chi connectivity index (χ2v) is 5.91. The van der Waals surface area contributed by atoms with Gasteiger partial charge in [-0.15, -0.1) is 0 Å². The van der Waals surface area contributed by atoms with Crippen molar-refractivity contribution in [3.8, 4) is 17.5 Å². The van der Waals surface area contributed by atoms with Gasteiger partial charge >= 0.3 is 0 Å². The zero-order valence-corrected chi connectivity index (χ0v) is 14.5. The summed E-state index contributed by atoms with van der Waals surface area (Å²) < 4.78 is 16.0. The van der Waals surface area contributed by atoms with Crippen LogP contribution >= 0.6 is 23.2 Å². The largest absolute Gasteiger partial charge is 0.297 e. The Kier molecular flexibility index (Phi) is 4.57. The van der Waals surface area contributed by atoms with Gasteiger partial charge in [0.1, 0.15) is 16.7 Å². The van der Waals surface area contributed by atoms with Gasteiger partial charge in [0.15, 0.2) is 5.82 Å². The van der Waals surface area contributed by atoms with E-state index in [9.17, 15) is 4.39 Å². The van der Waals surface area contributed by atoms with Crippen molar-refractivity contribution in [2.45, 2.75) is 13.8 Å². The summed E-state index contributed by atoms with van der Waals surface area (Å²) in [6.45, 7) is 3.63. The molecule has 0 unspecified atom stereocenters. The van der Waals surface area contributed by atoms with Crippen LogP contribution in [0.5, 0.6) is 0 Å². The average Bonchev–Trinajstić information content (AvgIpc) is 2.83. The molecule has 2 heterocycles. The Morgan fingerprint density at radius 2 is 1.92 bits per heavy atom. The highest BCUT2D eigenvalue weighted by Crippen LogP contribution is 2.24. The summed E-state index contributed by atoms with van der Waals surface area (Å²) in [5.41, 5.74) is 2.39. The van der Waals surface area contributed by atoms with E-state index >= 15 is 0 Å². The maximum absolute atomic E-state index is 14.3. The Labute approximate surface area is 149 Å². The van der Waals surface area contributed by atoms with Crippen molar-refractivity contribution in [3.05, 3.63) is 75.3 Å². The second kappa shape index (κ2) is 6.64. The number of rotatable bonds is 1. The summed E-state index contributed by atoms with van der Waals surface area (Å²) >= 11 is 11.7. The predicted molar refractivity (Wildman–Crippen MR) is 93.2 cm³/mol. The lowest BCUT2D eigenvalue weighted by molar-refractivity contribution is 0.615. The first-order valence-corrected chi connectivity index (χ1v) is 7.87. The van der Waals surface area contributed by atoms with Crippen molar-refractivity contribution < 1.29 is 4.39 Å². The molecule has 3 nitrogen and oxygen atoms in total. The van der Waals surface area contributed by atoms with Gasteiger partial charge in [-0.1, -0.05) is 35.2 Å². The predicted octanol–water partition coefficient (Wildman–Crippen LogP) is 4.73. The van der Waals surface area contributed by atoms with Gasteiger partial charge < -0.3 is 0 Å². The molecule has 0 saturated carbocycles. The number of aromatic nitrogens is 3. The molecule has 0 amide bonds. The van der Waals surface area contributed by atoms with Crippen molar-refractivity contribution >= 4 is 23.2 Å². The molecule has 0 aliphatic rings. The molecule has 0 fully saturated rings. The average molecular weight is 360 g/mol. The van der Waals surface area contributed by atoms with Crippen molar-refractivity contribution in [1.82, 2.24) is 14.5 Å². The van der Waals surface area contributed by atoms with Crippen molar-refractivity contribution in [1.29, 1.82) is 0 Å². The van der Waals surface area contributed by atoms with E-state index in [4.69, 9.17) is 23.2 Å². The summed E-state index contributed by atoms with van der Waals surface area (Å²) in [5.74, 6) is 6.14. The van der Waals surface area contributed by atoms with Crippen molar-refractivity contribution in [2.75, 3.05) is 0 Å². The highest BCUT2D eigenvalue weighted by atomic mass is 35.5. The highest BCUT2D eigenvalue weighted by molar-refractivity contribution is 6.31. The smallest absolute Gasteiger partial charge is 0.165 e. The van der Waals surface area contributed by atoms with Gasteiger partial charge in [-0.2, -0.15) is 0 Å². The van der Waals surface area contributed by atoms with Crippen LogP contribution < -0.4 is 0 Å². The number of hydrogen-bond acceptors (Lipinski definition) is 2. The second-order valence-electron chi connectivity index (χ2n) is 5.12. The molecule has 0 spiro atoms. The summed E-state index contributed by atoms with van der Waals surface area (Å²) in [5, 5.41) is 0.445. The number of benzene rings is 1. The van der Waals surface area contributed by atoms with Crippen LogP contribution in [0.4, 0.5) is 4.39 Å². The van der Waals surface area contributed by atoms with E-state index in [1.807, 2.05) is 6.92 Å². The van der Waals surface area contributed by atoms with E-state index in [1.54, 1.807) is 42.0 Å². The zero-order chi connectivity index (χ0) is 17.3. The monoisotopic (exact) mass is 359 g/mol. The fraction of sp³-hybridized carbons (Fsp3) is 0.111. The first-order chi connectivity index (χ1) is 11.5. The lowest BCUT2D eigenvalue weighted by Gasteiger charge is -2.09. The molecular weight excluding hydrogens is 348 g/mol. The maximum atomic E-state index is 14.3. The van der Waals surface area contributed by atoms with Gasteiger partial charge in [0.2, 0.25) is 0 Å². The lowest BCUT2D eigenvalue weighted by Crippen LogP contribution is -2.02. The number of hydrogen-bond donors (Lipinski definition) is 0. The number of nitrogens with zero attached hydrogens (tertiary/aromatic N) is 3. The van der Waals surface area contributed by atoms with Crippen LogP contribution in [0, 0.1) is 31.5 Å². The highest BCUT2D eigenvalue weighted by Gasteiger charge is 2.15. The van der Waals surface area contributed by atoms with Crippen molar-refractivity contribution in [2.24, 2.45) is 0 Å². The van der Waals surface area contributed by atoms with Gasteiger partial charge in [-0.05, 0) is 44.0 Å².